The van der Waals surface area contributed by atoms with Crippen LogP contribution in [0.25, 0.3) is 11.1 Å². The van der Waals surface area contributed by atoms with Crippen molar-refractivity contribution in [2.75, 3.05) is 0 Å². The summed E-state index contributed by atoms with van der Waals surface area (Å²) >= 11 is 0. The van der Waals surface area contributed by atoms with Gasteiger partial charge in [-0.2, -0.15) is 0 Å². The Morgan fingerprint density at radius 3 is 2.18 bits per heavy atom. The molecule has 3 aromatic carbocycles. The van der Waals surface area contributed by atoms with Crippen molar-refractivity contribution in [1.82, 2.24) is 0 Å². The Morgan fingerprint density at radius 2 is 1.50 bits per heavy atom. The van der Waals surface area contributed by atoms with Crippen LogP contribution in [0.15, 0.2) is 98.1 Å². The molecule has 3 unspecified atom stereocenters. The SMILES string of the molecule is C=C(c1ccccc1)C(C)Cc1cccc(C2CC2C(=C)c2ccccc2)c1. The molecule has 0 saturated heterocycles. The van der Waals surface area contributed by atoms with Crippen LogP contribution in [0.5, 0.6) is 0 Å². The molecule has 0 heterocycles. The lowest BCUT2D eigenvalue weighted by Crippen LogP contribution is -2.02. The van der Waals surface area contributed by atoms with Crippen LogP contribution in [0.1, 0.15) is 41.5 Å². The van der Waals surface area contributed by atoms with E-state index in [9.17, 15) is 0 Å². The summed E-state index contributed by atoms with van der Waals surface area (Å²) < 4.78 is 0. The van der Waals surface area contributed by atoms with Gasteiger partial charge in [-0.25, -0.2) is 0 Å². The van der Waals surface area contributed by atoms with Gasteiger partial charge in [0.05, 0.1) is 0 Å². The molecule has 0 aliphatic heterocycles. The van der Waals surface area contributed by atoms with E-state index in [2.05, 4.69) is 105 Å². The molecule has 0 radical (unpaired) electrons. The van der Waals surface area contributed by atoms with Crippen molar-refractivity contribution in [3.8, 4) is 0 Å². The lowest BCUT2D eigenvalue weighted by Gasteiger charge is -2.16. The molecule has 28 heavy (non-hydrogen) atoms. The van der Waals surface area contributed by atoms with Crippen molar-refractivity contribution in [3.05, 3.63) is 120 Å². The summed E-state index contributed by atoms with van der Waals surface area (Å²) in [7, 11) is 0. The summed E-state index contributed by atoms with van der Waals surface area (Å²) in [4.78, 5) is 0. The molecular weight excluding hydrogens is 336 g/mol. The summed E-state index contributed by atoms with van der Waals surface area (Å²) in [5, 5.41) is 0. The van der Waals surface area contributed by atoms with E-state index in [1.807, 2.05) is 0 Å². The average molecular weight is 365 g/mol. The highest BCUT2D eigenvalue weighted by atomic mass is 14.4. The average Bonchev–Trinajstić information content (AvgIpc) is 3.55. The fraction of sp³-hybridized carbons (Fsp3) is 0.214. The van der Waals surface area contributed by atoms with Crippen LogP contribution >= 0.6 is 0 Å². The number of hydrogen-bond acceptors (Lipinski definition) is 0. The molecule has 0 amide bonds. The monoisotopic (exact) mass is 364 g/mol. The number of hydrogen-bond donors (Lipinski definition) is 0. The first-order valence-electron chi connectivity index (χ1n) is 10.2. The maximum Gasteiger partial charge on any atom is -0.00867 e. The lowest BCUT2D eigenvalue weighted by atomic mass is 9.89. The first-order chi connectivity index (χ1) is 13.6. The predicted molar refractivity (Wildman–Crippen MR) is 121 cm³/mol. The minimum Gasteiger partial charge on any atom is -0.0950 e. The maximum absolute atomic E-state index is 4.38. The van der Waals surface area contributed by atoms with E-state index in [1.165, 1.54) is 39.8 Å². The predicted octanol–water partition coefficient (Wildman–Crippen LogP) is 7.40. The van der Waals surface area contributed by atoms with Crippen LogP contribution in [-0.4, -0.2) is 0 Å². The molecular formula is C28H28. The zero-order chi connectivity index (χ0) is 19.5. The second kappa shape index (κ2) is 8.02. The van der Waals surface area contributed by atoms with Gasteiger partial charge in [-0.05, 0) is 64.0 Å². The van der Waals surface area contributed by atoms with Crippen LogP contribution in [-0.2, 0) is 6.42 Å². The van der Waals surface area contributed by atoms with Crippen LogP contribution in [0.4, 0.5) is 0 Å². The molecule has 1 aliphatic carbocycles. The molecule has 0 spiro atoms. The molecule has 3 atom stereocenters. The summed E-state index contributed by atoms with van der Waals surface area (Å²) in [6.45, 7) is 11.0. The van der Waals surface area contributed by atoms with Crippen LogP contribution in [0.3, 0.4) is 0 Å². The van der Waals surface area contributed by atoms with Crippen LogP contribution in [0.2, 0.25) is 0 Å². The normalized spacial score (nSPS) is 19.0. The second-order valence-electron chi connectivity index (χ2n) is 8.08. The zero-order valence-corrected chi connectivity index (χ0v) is 16.6. The van der Waals surface area contributed by atoms with E-state index in [0.717, 1.165) is 6.42 Å². The molecule has 0 bridgehead atoms. The molecule has 0 aromatic heterocycles. The van der Waals surface area contributed by atoms with Gasteiger partial charge < -0.3 is 0 Å². The fourth-order valence-electron chi connectivity index (χ4n) is 4.18. The molecule has 1 saturated carbocycles. The van der Waals surface area contributed by atoms with Crippen molar-refractivity contribution in [2.24, 2.45) is 11.8 Å². The topological polar surface area (TPSA) is 0 Å². The molecule has 1 fully saturated rings. The molecule has 1 aliphatic rings. The first-order valence-corrected chi connectivity index (χ1v) is 10.2. The number of allylic oxidation sites excluding steroid dienone is 2. The Balaban J connectivity index is 1.43. The largest absolute Gasteiger partial charge is 0.0950 e. The van der Waals surface area contributed by atoms with Gasteiger partial charge >= 0.3 is 0 Å². The smallest absolute Gasteiger partial charge is 0.00867 e. The summed E-state index contributed by atoms with van der Waals surface area (Å²) in [6, 6.07) is 30.3. The maximum atomic E-state index is 4.38. The molecule has 3 aromatic rings. The molecule has 4 rings (SSSR count). The van der Waals surface area contributed by atoms with E-state index >= 15 is 0 Å². The quantitative estimate of drug-likeness (QED) is 0.410. The van der Waals surface area contributed by atoms with Gasteiger partial charge in [-0.1, -0.05) is 105 Å². The molecule has 0 heteroatoms. The van der Waals surface area contributed by atoms with E-state index in [0.29, 0.717) is 17.8 Å². The van der Waals surface area contributed by atoms with E-state index in [1.54, 1.807) is 0 Å². The Morgan fingerprint density at radius 1 is 0.857 bits per heavy atom. The van der Waals surface area contributed by atoms with Gasteiger partial charge in [-0.15, -0.1) is 0 Å². The van der Waals surface area contributed by atoms with Crippen molar-refractivity contribution in [2.45, 2.75) is 25.7 Å². The van der Waals surface area contributed by atoms with Gasteiger partial charge in [0.1, 0.15) is 0 Å². The highest BCUT2D eigenvalue weighted by Gasteiger charge is 2.40. The number of benzene rings is 3. The third-order valence-corrected chi connectivity index (χ3v) is 6.04. The van der Waals surface area contributed by atoms with Crippen molar-refractivity contribution < 1.29 is 0 Å². The Kier molecular flexibility index (Phi) is 5.30. The second-order valence-corrected chi connectivity index (χ2v) is 8.08. The summed E-state index contributed by atoms with van der Waals surface area (Å²) in [5.74, 6) is 1.61. The third-order valence-electron chi connectivity index (χ3n) is 6.04. The lowest BCUT2D eigenvalue weighted by molar-refractivity contribution is 0.744. The molecule has 0 N–H and O–H groups in total. The van der Waals surface area contributed by atoms with Gasteiger partial charge in [0, 0.05) is 0 Å². The van der Waals surface area contributed by atoms with E-state index < -0.39 is 0 Å². The first kappa shape index (κ1) is 18.5. The van der Waals surface area contributed by atoms with E-state index in [4.69, 9.17) is 0 Å². The Bertz CT molecular complexity index is 965. The van der Waals surface area contributed by atoms with Gasteiger partial charge in [0.2, 0.25) is 0 Å². The highest BCUT2D eigenvalue weighted by Crippen LogP contribution is 2.54. The minimum absolute atomic E-state index is 0.423. The van der Waals surface area contributed by atoms with Gasteiger partial charge in [0.15, 0.2) is 0 Å². The van der Waals surface area contributed by atoms with Gasteiger partial charge in [0.25, 0.3) is 0 Å². The Hall–Kier alpha value is -2.86. The number of rotatable bonds is 7. The molecule has 0 nitrogen and oxygen atoms in total. The van der Waals surface area contributed by atoms with E-state index in [-0.39, 0.29) is 0 Å². The van der Waals surface area contributed by atoms with Crippen LogP contribution in [0, 0.1) is 11.8 Å². The fourth-order valence-corrected chi connectivity index (χ4v) is 4.18. The summed E-state index contributed by atoms with van der Waals surface area (Å²) in [5.41, 5.74) is 7.87. The standard InChI is InChI=1S/C28H28/c1-20(21(2)24-12-6-4-7-13-24)17-23-11-10-16-26(18-23)28-19-27(28)22(3)25-14-8-5-9-15-25/h4-16,18,20,27-28H,2-3,17,19H2,1H3. The Labute approximate surface area is 169 Å². The zero-order valence-electron chi connectivity index (χ0n) is 16.6. The van der Waals surface area contributed by atoms with Crippen molar-refractivity contribution in [3.63, 3.8) is 0 Å². The van der Waals surface area contributed by atoms with Crippen LogP contribution < -0.4 is 0 Å². The van der Waals surface area contributed by atoms with Crippen molar-refractivity contribution in [1.29, 1.82) is 0 Å². The van der Waals surface area contributed by atoms with Gasteiger partial charge in [-0.3, -0.25) is 0 Å². The summed E-state index contributed by atoms with van der Waals surface area (Å²) in [6.07, 6.45) is 2.24. The molecule has 140 valence electrons. The highest BCUT2D eigenvalue weighted by molar-refractivity contribution is 5.69. The van der Waals surface area contributed by atoms with Crippen molar-refractivity contribution >= 4 is 11.1 Å². The third kappa shape index (κ3) is 4.02. The minimum atomic E-state index is 0.423.